The Morgan fingerprint density at radius 3 is 1.81 bits per heavy atom. The number of benzene rings is 2. The summed E-state index contributed by atoms with van der Waals surface area (Å²) in [7, 11) is 2.14. The van der Waals surface area contributed by atoms with Gasteiger partial charge in [0.15, 0.2) is 0 Å². The minimum atomic E-state index is -0.691. The molecule has 1 unspecified atom stereocenters. The molecule has 2 aliphatic heterocycles. The molecule has 3 atom stereocenters. The first-order chi connectivity index (χ1) is 13.0. The summed E-state index contributed by atoms with van der Waals surface area (Å²) < 4.78 is 32.6. The zero-order chi connectivity index (χ0) is 19.0. The molecule has 142 valence electrons. The lowest BCUT2D eigenvalue weighted by Crippen LogP contribution is -2.43. The van der Waals surface area contributed by atoms with Gasteiger partial charge in [0.05, 0.1) is 0 Å². The molecular formula is C22H23F2NO2. The maximum atomic E-state index is 13.3. The monoisotopic (exact) mass is 371 g/mol. The Labute approximate surface area is 157 Å². The van der Waals surface area contributed by atoms with Crippen LogP contribution in [0.2, 0.25) is 0 Å². The number of carbonyl (C=O) groups excluding carboxylic acids is 1. The maximum Gasteiger partial charge on any atom is 0.318 e. The van der Waals surface area contributed by atoms with Gasteiger partial charge in [-0.05, 0) is 68.1 Å². The number of halogens is 2. The quantitative estimate of drug-likeness (QED) is 0.752. The molecule has 2 aliphatic rings. The van der Waals surface area contributed by atoms with Gasteiger partial charge in [-0.3, -0.25) is 4.79 Å². The van der Waals surface area contributed by atoms with Crippen molar-refractivity contribution in [2.24, 2.45) is 0 Å². The third-order valence-electron chi connectivity index (χ3n) is 5.98. The lowest BCUT2D eigenvalue weighted by atomic mass is 9.91. The molecule has 5 heteroatoms. The first-order valence-corrected chi connectivity index (χ1v) is 9.44. The van der Waals surface area contributed by atoms with Gasteiger partial charge in [0.2, 0.25) is 0 Å². The summed E-state index contributed by atoms with van der Waals surface area (Å²) in [6, 6.07) is 12.6. The highest BCUT2D eigenvalue weighted by Gasteiger charge is 2.40. The molecule has 0 saturated carbocycles. The molecule has 2 saturated heterocycles. The Kier molecular flexibility index (Phi) is 4.96. The van der Waals surface area contributed by atoms with E-state index in [1.54, 1.807) is 24.3 Å². The number of nitrogens with zero attached hydrogens (tertiary/aromatic N) is 1. The average molecular weight is 371 g/mol. The van der Waals surface area contributed by atoms with E-state index in [0.29, 0.717) is 23.2 Å². The average Bonchev–Trinajstić information content (AvgIpc) is 2.86. The number of fused-ring (bicyclic) bond motifs is 2. The molecule has 3 nitrogen and oxygen atoms in total. The van der Waals surface area contributed by atoms with Crippen LogP contribution in [0.1, 0.15) is 42.7 Å². The lowest BCUT2D eigenvalue weighted by Gasteiger charge is -2.36. The highest BCUT2D eigenvalue weighted by Crippen LogP contribution is 2.36. The van der Waals surface area contributed by atoms with Gasteiger partial charge in [-0.25, -0.2) is 8.78 Å². The summed E-state index contributed by atoms with van der Waals surface area (Å²) in [5.41, 5.74) is 1.29. The van der Waals surface area contributed by atoms with Crippen LogP contribution in [0.3, 0.4) is 0 Å². The minimum Gasteiger partial charge on any atom is -0.462 e. The van der Waals surface area contributed by atoms with E-state index in [2.05, 4.69) is 11.9 Å². The van der Waals surface area contributed by atoms with Crippen LogP contribution in [-0.4, -0.2) is 36.1 Å². The van der Waals surface area contributed by atoms with Gasteiger partial charge in [0.25, 0.3) is 0 Å². The van der Waals surface area contributed by atoms with E-state index in [-0.39, 0.29) is 23.7 Å². The normalized spacial score (nSPS) is 25.0. The van der Waals surface area contributed by atoms with Crippen molar-refractivity contribution >= 4 is 5.97 Å². The number of carbonyl (C=O) groups is 1. The van der Waals surface area contributed by atoms with Gasteiger partial charge in [-0.2, -0.15) is 0 Å². The summed E-state index contributed by atoms with van der Waals surface area (Å²) >= 11 is 0. The second-order valence-electron chi connectivity index (χ2n) is 7.62. The van der Waals surface area contributed by atoms with E-state index < -0.39 is 5.92 Å². The highest BCUT2D eigenvalue weighted by atomic mass is 19.1. The van der Waals surface area contributed by atoms with Crippen LogP contribution >= 0.6 is 0 Å². The number of hydrogen-bond acceptors (Lipinski definition) is 3. The van der Waals surface area contributed by atoms with Crippen molar-refractivity contribution < 1.29 is 18.3 Å². The summed E-state index contributed by atoms with van der Waals surface area (Å²) in [5, 5.41) is 0. The fourth-order valence-electron chi connectivity index (χ4n) is 4.47. The number of piperidine rings is 1. The van der Waals surface area contributed by atoms with Crippen LogP contribution in [0.5, 0.6) is 0 Å². The van der Waals surface area contributed by atoms with Crippen LogP contribution in [0.15, 0.2) is 48.5 Å². The maximum absolute atomic E-state index is 13.3. The smallest absolute Gasteiger partial charge is 0.318 e. The zero-order valence-corrected chi connectivity index (χ0v) is 15.3. The Morgan fingerprint density at radius 1 is 0.926 bits per heavy atom. The molecule has 2 aromatic carbocycles. The number of ether oxygens (including phenoxy) is 1. The van der Waals surface area contributed by atoms with Gasteiger partial charge in [0.1, 0.15) is 23.7 Å². The summed E-state index contributed by atoms with van der Waals surface area (Å²) in [5.74, 6) is -1.78. The van der Waals surface area contributed by atoms with Gasteiger partial charge in [-0.1, -0.05) is 24.3 Å². The van der Waals surface area contributed by atoms with E-state index >= 15 is 0 Å². The zero-order valence-electron chi connectivity index (χ0n) is 15.3. The Hall–Kier alpha value is -2.27. The molecular weight excluding hydrogens is 348 g/mol. The van der Waals surface area contributed by atoms with Gasteiger partial charge >= 0.3 is 5.97 Å². The number of hydrogen-bond donors (Lipinski definition) is 0. The molecule has 0 N–H and O–H groups in total. The Morgan fingerprint density at radius 2 is 1.37 bits per heavy atom. The van der Waals surface area contributed by atoms with Crippen LogP contribution < -0.4 is 0 Å². The topological polar surface area (TPSA) is 29.5 Å². The van der Waals surface area contributed by atoms with Gasteiger partial charge in [0, 0.05) is 12.1 Å². The SMILES string of the molecule is CN1[C@@H]2CC[C@H]1CC(OC(=O)C(c1ccc(F)cc1)c1ccc(F)cc1)C2. The first kappa shape index (κ1) is 18.1. The molecule has 0 spiro atoms. The second-order valence-corrected chi connectivity index (χ2v) is 7.62. The van der Waals surface area contributed by atoms with E-state index in [1.807, 2.05) is 0 Å². The number of esters is 1. The van der Waals surface area contributed by atoms with E-state index in [1.165, 1.54) is 24.3 Å². The van der Waals surface area contributed by atoms with Crippen molar-refractivity contribution in [3.8, 4) is 0 Å². The van der Waals surface area contributed by atoms with E-state index in [9.17, 15) is 13.6 Å². The van der Waals surface area contributed by atoms with Crippen molar-refractivity contribution in [1.29, 1.82) is 0 Å². The lowest BCUT2D eigenvalue weighted by molar-refractivity contribution is -0.153. The third-order valence-corrected chi connectivity index (χ3v) is 5.98. The molecule has 2 fully saturated rings. The second kappa shape index (κ2) is 7.39. The van der Waals surface area contributed by atoms with Crippen LogP contribution in [0.4, 0.5) is 8.78 Å². The molecule has 2 heterocycles. The summed E-state index contributed by atoms with van der Waals surface area (Å²) in [4.78, 5) is 15.5. The predicted octanol–water partition coefficient (Wildman–Crippen LogP) is 4.27. The molecule has 0 aromatic heterocycles. The van der Waals surface area contributed by atoms with Crippen molar-refractivity contribution in [3.05, 3.63) is 71.3 Å². The first-order valence-electron chi connectivity index (χ1n) is 9.44. The van der Waals surface area contributed by atoms with E-state index in [4.69, 9.17) is 4.74 Å². The minimum absolute atomic E-state index is 0.102. The molecule has 0 amide bonds. The molecule has 27 heavy (non-hydrogen) atoms. The molecule has 0 radical (unpaired) electrons. The van der Waals surface area contributed by atoms with E-state index in [0.717, 1.165) is 25.7 Å². The van der Waals surface area contributed by atoms with Crippen molar-refractivity contribution in [1.82, 2.24) is 4.90 Å². The van der Waals surface area contributed by atoms with Crippen molar-refractivity contribution in [3.63, 3.8) is 0 Å². The van der Waals surface area contributed by atoms with Crippen LogP contribution in [0.25, 0.3) is 0 Å². The third kappa shape index (κ3) is 3.74. The van der Waals surface area contributed by atoms with Crippen LogP contribution in [-0.2, 0) is 9.53 Å². The number of rotatable bonds is 4. The van der Waals surface area contributed by atoms with Gasteiger partial charge in [-0.15, -0.1) is 0 Å². The Bertz CT molecular complexity index is 747. The molecule has 0 aliphatic carbocycles. The Balaban J connectivity index is 1.57. The standard InChI is InChI=1S/C22H23F2NO2/c1-25-18-10-11-19(25)13-20(12-18)27-22(26)21(14-2-6-16(23)7-3-14)15-4-8-17(24)9-5-15/h2-9,18-21H,10-13H2,1H3/t18-,19+,20?. The van der Waals surface area contributed by atoms with Gasteiger partial charge < -0.3 is 9.64 Å². The van der Waals surface area contributed by atoms with Crippen molar-refractivity contribution in [2.45, 2.75) is 49.8 Å². The fraction of sp³-hybridized carbons (Fsp3) is 0.409. The molecule has 2 aromatic rings. The van der Waals surface area contributed by atoms with Crippen LogP contribution in [0, 0.1) is 11.6 Å². The fourth-order valence-corrected chi connectivity index (χ4v) is 4.47. The summed E-state index contributed by atoms with van der Waals surface area (Å²) in [6.45, 7) is 0. The highest BCUT2D eigenvalue weighted by molar-refractivity contribution is 5.82. The predicted molar refractivity (Wildman–Crippen MR) is 98.3 cm³/mol. The summed E-state index contributed by atoms with van der Waals surface area (Å²) in [6.07, 6.45) is 3.88. The molecule has 2 bridgehead atoms. The largest absolute Gasteiger partial charge is 0.462 e. The van der Waals surface area contributed by atoms with Crippen molar-refractivity contribution in [2.75, 3.05) is 7.05 Å². The molecule has 4 rings (SSSR count).